The molecule has 5 atom stereocenters. The highest BCUT2D eigenvalue weighted by Gasteiger charge is 2.60. The first-order valence-electron chi connectivity index (χ1n) is 10.4. The number of alkyl halides is 3. The van der Waals surface area contributed by atoms with Crippen molar-refractivity contribution in [3.8, 4) is 0 Å². The summed E-state index contributed by atoms with van der Waals surface area (Å²) in [6, 6.07) is 1.38. The predicted octanol–water partition coefficient (Wildman–Crippen LogP) is 2.90. The Hall–Kier alpha value is -1.67. The summed E-state index contributed by atoms with van der Waals surface area (Å²) in [5.41, 5.74) is -0.00611. The fourth-order valence-electron chi connectivity index (χ4n) is 5.50. The van der Waals surface area contributed by atoms with Crippen LogP contribution in [0.1, 0.15) is 56.4 Å². The molecule has 8 heteroatoms. The number of rotatable bonds is 4. The fourth-order valence-corrected chi connectivity index (χ4v) is 5.50. The second kappa shape index (κ2) is 7.23. The summed E-state index contributed by atoms with van der Waals surface area (Å²) < 4.78 is 39.2. The van der Waals surface area contributed by atoms with Gasteiger partial charge in [0.2, 0.25) is 5.91 Å². The smallest absolute Gasteiger partial charge is 0.393 e. The Morgan fingerprint density at radius 2 is 2.21 bits per heavy atom. The van der Waals surface area contributed by atoms with Gasteiger partial charge in [-0.25, -0.2) is 0 Å². The number of amides is 1. The van der Waals surface area contributed by atoms with Crippen molar-refractivity contribution in [3.63, 3.8) is 0 Å². The van der Waals surface area contributed by atoms with E-state index in [1.807, 2.05) is 0 Å². The van der Waals surface area contributed by atoms with Crippen molar-refractivity contribution < 1.29 is 23.1 Å². The molecule has 1 saturated heterocycles. The number of nitrogens with zero attached hydrogens (tertiary/aromatic N) is 2. The number of hydrogen-bond donors (Lipinski definition) is 2. The number of nitrogens with one attached hydrogen (secondary N) is 1. The third kappa shape index (κ3) is 3.54. The van der Waals surface area contributed by atoms with Crippen molar-refractivity contribution in [2.75, 3.05) is 6.54 Å². The third-order valence-corrected chi connectivity index (χ3v) is 7.21. The summed E-state index contributed by atoms with van der Waals surface area (Å²) >= 11 is 0. The summed E-state index contributed by atoms with van der Waals surface area (Å²) in [4.78, 5) is 19.3. The molecule has 3 aliphatic rings. The highest BCUT2D eigenvalue weighted by atomic mass is 19.4. The Bertz CT molecular complexity index is 798. The van der Waals surface area contributed by atoms with E-state index in [0.29, 0.717) is 30.6 Å². The van der Waals surface area contributed by atoms with Gasteiger partial charge < -0.3 is 15.3 Å². The van der Waals surface area contributed by atoms with Gasteiger partial charge in [-0.1, -0.05) is 6.92 Å². The lowest BCUT2D eigenvalue weighted by Gasteiger charge is -2.33. The van der Waals surface area contributed by atoms with Gasteiger partial charge in [0.1, 0.15) is 0 Å². The number of hydrogen-bond acceptors (Lipinski definition) is 4. The number of fused-ring (bicyclic) bond motifs is 2. The molecule has 1 aromatic rings. The number of halogens is 3. The summed E-state index contributed by atoms with van der Waals surface area (Å²) in [6.45, 7) is 4.79. The number of aliphatic hydroxyl groups is 1. The number of aliphatic hydroxyl groups excluding tert-OH is 1. The maximum Gasteiger partial charge on any atom is 0.417 e. The Kier molecular flexibility index (Phi) is 5.14. The fraction of sp³-hybridized carbons (Fsp3) is 0.714. The van der Waals surface area contributed by atoms with E-state index in [1.54, 1.807) is 11.8 Å². The van der Waals surface area contributed by atoms with Gasteiger partial charge in [0.15, 0.2) is 0 Å². The molecule has 4 rings (SSSR count). The maximum atomic E-state index is 13.4. The van der Waals surface area contributed by atoms with E-state index in [4.69, 9.17) is 0 Å². The maximum absolute atomic E-state index is 13.4. The van der Waals surface area contributed by atoms with Gasteiger partial charge in [-0.15, -0.1) is 0 Å². The van der Waals surface area contributed by atoms with Crippen molar-refractivity contribution in [2.45, 2.75) is 76.9 Å². The van der Waals surface area contributed by atoms with Gasteiger partial charge in [0.05, 0.1) is 17.1 Å². The van der Waals surface area contributed by atoms with Crippen molar-refractivity contribution in [1.82, 2.24) is 15.2 Å². The molecule has 3 unspecified atom stereocenters. The topological polar surface area (TPSA) is 65.5 Å². The van der Waals surface area contributed by atoms with Crippen molar-refractivity contribution in [3.05, 3.63) is 29.1 Å². The van der Waals surface area contributed by atoms with Crippen LogP contribution in [0.5, 0.6) is 0 Å². The molecule has 1 amide bonds. The van der Waals surface area contributed by atoms with Crippen LogP contribution < -0.4 is 5.32 Å². The first-order valence-corrected chi connectivity index (χ1v) is 10.4. The monoisotopic (exact) mass is 411 g/mol. The molecule has 160 valence electrons. The zero-order chi connectivity index (χ0) is 21.0. The second-order valence-electron chi connectivity index (χ2n) is 9.01. The van der Waals surface area contributed by atoms with E-state index in [9.17, 15) is 23.1 Å². The minimum Gasteiger partial charge on any atom is -0.393 e. The van der Waals surface area contributed by atoms with E-state index in [1.165, 1.54) is 0 Å². The lowest BCUT2D eigenvalue weighted by atomic mass is 9.73. The number of carbonyl (C=O) groups is 1. The van der Waals surface area contributed by atoms with Crippen LogP contribution in [0.3, 0.4) is 0 Å². The van der Waals surface area contributed by atoms with Gasteiger partial charge in [-0.2, -0.15) is 13.2 Å². The predicted molar refractivity (Wildman–Crippen MR) is 101 cm³/mol. The van der Waals surface area contributed by atoms with Crippen molar-refractivity contribution >= 4 is 5.91 Å². The molecule has 29 heavy (non-hydrogen) atoms. The Balaban J connectivity index is 1.51. The summed E-state index contributed by atoms with van der Waals surface area (Å²) in [5, 5.41) is 12.9. The molecule has 1 spiro atoms. The van der Waals surface area contributed by atoms with Crippen LogP contribution in [0.2, 0.25) is 0 Å². The van der Waals surface area contributed by atoms with E-state index in [-0.39, 0.29) is 36.6 Å². The highest BCUT2D eigenvalue weighted by Crippen LogP contribution is 2.54. The second-order valence-corrected chi connectivity index (χ2v) is 9.01. The van der Waals surface area contributed by atoms with Crippen molar-refractivity contribution in [1.29, 1.82) is 0 Å². The molecule has 0 bridgehead atoms. The molecule has 0 radical (unpaired) electrons. The summed E-state index contributed by atoms with van der Waals surface area (Å²) in [7, 11) is 0. The number of aromatic nitrogens is 1. The first kappa shape index (κ1) is 20.6. The van der Waals surface area contributed by atoms with Gasteiger partial charge in [-0.05, 0) is 56.7 Å². The van der Waals surface area contributed by atoms with Crippen LogP contribution >= 0.6 is 0 Å². The van der Waals surface area contributed by atoms with Gasteiger partial charge in [-0.3, -0.25) is 9.78 Å². The standard InChI is InChI=1S/C21H28F3N3O2/c1-12(28)4-6-25-16-3-5-20(9-16)13(2)18-8-17-14(11-27(18)19(20)29)7-15(10-26-17)21(22,23)24/h7,10,12-13,16,18,25,28H,3-6,8-9,11H2,1-2H3/t12?,13?,16-,18?,20+/m1/s1. The van der Waals surface area contributed by atoms with Crippen LogP contribution in [-0.2, 0) is 23.9 Å². The normalized spacial score (nSPS) is 32.6. The molecule has 2 N–H and O–H groups in total. The SMILES string of the molecule is CC(O)CCN[C@@H]1CC[C@@]2(C1)C(=O)N1Cc3cc(C(F)(F)F)cnc3CC1C2C. The molecule has 2 fully saturated rings. The molecular formula is C21H28F3N3O2. The quantitative estimate of drug-likeness (QED) is 0.800. The van der Waals surface area contributed by atoms with Crippen LogP contribution in [0.15, 0.2) is 12.3 Å². The van der Waals surface area contributed by atoms with Crippen LogP contribution in [-0.4, -0.2) is 45.6 Å². The average molecular weight is 411 g/mol. The zero-order valence-electron chi connectivity index (χ0n) is 16.8. The molecule has 5 nitrogen and oxygen atoms in total. The Morgan fingerprint density at radius 3 is 2.90 bits per heavy atom. The Labute approximate surface area is 168 Å². The van der Waals surface area contributed by atoms with Crippen LogP contribution in [0.4, 0.5) is 13.2 Å². The Morgan fingerprint density at radius 1 is 1.45 bits per heavy atom. The van der Waals surface area contributed by atoms with Crippen LogP contribution in [0, 0.1) is 11.3 Å². The van der Waals surface area contributed by atoms with E-state index >= 15 is 0 Å². The largest absolute Gasteiger partial charge is 0.417 e. The number of carbonyl (C=O) groups excluding carboxylic acids is 1. The lowest BCUT2D eigenvalue weighted by molar-refractivity contribution is -0.138. The lowest BCUT2D eigenvalue weighted by Crippen LogP contribution is -2.40. The first-order chi connectivity index (χ1) is 13.6. The minimum atomic E-state index is -4.43. The molecule has 1 saturated carbocycles. The minimum absolute atomic E-state index is 0.00421. The number of pyridine rings is 1. The zero-order valence-corrected chi connectivity index (χ0v) is 16.8. The molecule has 0 aromatic carbocycles. The van der Waals surface area contributed by atoms with E-state index in [2.05, 4.69) is 17.2 Å². The van der Waals surface area contributed by atoms with Crippen LogP contribution in [0.25, 0.3) is 0 Å². The molecule has 1 aromatic heterocycles. The average Bonchev–Trinajstić information content (AvgIpc) is 3.16. The van der Waals surface area contributed by atoms with Crippen molar-refractivity contribution in [2.24, 2.45) is 11.3 Å². The third-order valence-electron chi connectivity index (χ3n) is 7.21. The highest BCUT2D eigenvalue weighted by molar-refractivity contribution is 5.87. The molecule has 2 aliphatic heterocycles. The van der Waals surface area contributed by atoms with Gasteiger partial charge >= 0.3 is 6.18 Å². The molecule has 1 aliphatic carbocycles. The molecular weight excluding hydrogens is 383 g/mol. The van der Waals surface area contributed by atoms with Gasteiger partial charge in [0, 0.05) is 36.9 Å². The van der Waals surface area contributed by atoms with Gasteiger partial charge in [0.25, 0.3) is 0 Å². The summed E-state index contributed by atoms with van der Waals surface area (Å²) in [6.07, 6.45) is -0.248. The van der Waals surface area contributed by atoms with E-state index < -0.39 is 17.2 Å². The van der Waals surface area contributed by atoms with E-state index in [0.717, 1.165) is 31.5 Å². The summed E-state index contributed by atoms with van der Waals surface area (Å²) in [5.74, 6) is 0.216. The molecule has 3 heterocycles.